The highest BCUT2D eigenvalue weighted by molar-refractivity contribution is 7.81. The fraction of sp³-hybridized carbons (Fsp3) is 0.400. The Morgan fingerprint density at radius 3 is 2.76 bits per heavy atom. The number of thiocarbonyl (C=S) groups is 1. The number of non-ortho nitro benzene ring substituents is 1. The van der Waals surface area contributed by atoms with Gasteiger partial charge in [0.05, 0.1) is 4.92 Å². The number of rotatable bonds is 2. The van der Waals surface area contributed by atoms with Crippen molar-refractivity contribution in [3.8, 4) is 5.75 Å². The van der Waals surface area contributed by atoms with Crippen molar-refractivity contribution in [2.24, 2.45) is 0 Å². The lowest BCUT2D eigenvalue weighted by Crippen LogP contribution is -2.35. The van der Waals surface area contributed by atoms with Crippen LogP contribution in [0.15, 0.2) is 24.3 Å². The van der Waals surface area contributed by atoms with E-state index in [1.54, 1.807) is 13.1 Å². The molecule has 0 aromatic heterocycles. The first-order valence-electron chi connectivity index (χ1n) is 6.97. The largest absolute Gasteiger partial charge is 0.483 e. The van der Waals surface area contributed by atoms with Gasteiger partial charge in [-0.1, -0.05) is 12.2 Å². The molecule has 3 rings (SSSR count). The Labute approximate surface area is 128 Å². The van der Waals surface area contributed by atoms with Crippen molar-refractivity contribution >= 4 is 28.5 Å². The molecule has 1 saturated carbocycles. The van der Waals surface area contributed by atoms with Crippen LogP contribution in [0.3, 0.4) is 0 Å². The van der Waals surface area contributed by atoms with Gasteiger partial charge >= 0.3 is 0 Å². The Morgan fingerprint density at radius 1 is 1.43 bits per heavy atom. The van der Waals surface area contributed by atoms with Gasteiger partial charge in [-0.05, 0) is 37.8 Å². The Bertz CT molecular complexity index is 648. The van der Waals surface area contributed by atoms with Crippen LogP contribution in [0.2, 0.25) is 0 Å². The second-order valence-electron chi connectivity index (χ2n) is 5.45. The predicted molar refractivity (Wildman–Crippen MR) is 84.6 cm³/mol. The van der Waals surface area contributed by atoms with Crippen molar-refractivity contribution in [2.75, 3.05) is 7.05 Å². The van der Waals surface area contributed by atoms with E-state index in [0.717, 1.165) is 31.3 Å². The van der Waals surface area contributed by atoms with Gasteiger partial charge in [0.25, 0.3) is 5.69 Å². The molecule has 0 atom stereocenters. The average molecular weight is 304 g/mol. The summed E-state index contributed by atoms with van der Waals surface area (Å²) in [5.74, 6) is 0.678. The maximum Gasteiger partial charge on any atom is 0.270 e. The molecule has 0 amide bonds. The number of ether oxygens (including phenoxy) is 1. The van der Waals surface area contributed by atoms with E-state index in [9.17, 15) is 10.1 Å². The van der Waals surface area contributed by atoms with E-state index in [2.05, 4.69) is 5.32 Å². The van der Waals surface area contributed by atoms with Crippen LogP contribution in [-0.2, 0) is 0 Å². The number of nitro benzene ring substituents is 1. The number of nitro groups is 1. The quantitative estimate of drug-likeness (QED) is 0.516. The molecule has 1 fully saturated rings. The van der Waals surface area contributed by atoms with E-state index >= 15 is 0 Å². The number of nitrogens with zero attached hydrogens (tertiary/aromatic N) is 1. The SMILES string of the molecule is CNC(=S)C1=CC2(CCCC2)Oc2ccc([N+](=O)[O-])cc21. The molecule has 1 aliphatic carbocycles. The fourth-order valence-corrected chi connectivity index (χ4v) is 3.23. The van der Waals surface area contributed by atoms with Gasteiger partial charge in [0.1, 0.15) is 16.3 Å². The monoisotopic (exact) mass is 304 g/mol. The van der Waals surface area contributed by atoms with E-state index in [1.807, 2.05) is 6.08 Å². The Balaban J connectivity index is 2.13. The van der Waals surface area contributed by atoms with Gasteiger partial charge in [-0.2, -0.15) is 0 Å². The summed E-state index contributed by atoms with van der Waals surface area (Å²) >= 11 is 5.37. The molecule has 1 heterocycles. The highest BCUT2D eigenvalue weighted by Gasteiger charge is 2.39. The first-order valence-corrected chi connectivity index (χ1v) is 7.38. The van der Waals surface area contributed by atoms with E-state index < -0.39 is 4.92 Å². The number of likely N-dealkylation sites (N-methyl/N-ethyl adjacent to an activating group) is 1. The molecule has 2 aliphatic rings. The van der Waals surface area contributed by atoms with Crippen molar-refractivity contribution in [3.63, 3.8) is 0 Å². The second-order valence-corrected chi connectivity index (χ2v) is 5.86. The van der Waals surface area contributed by atoms with Crippen molar-refractivity contribution in [1.29, 1.82) is 0 Å². The Morgan fingerprint density at radius 2 is 2.14 bits per heavy atom. The summed E-state index contributed by atoms with van der Waals surface area (Å²) in [4.78, 5) is 11.2. The van der Waals surface area contributed by atoms with Gasteiger partial charge in [0, 0.05) is 30.3 Å². The molecule has 21 heavy (non-hydrogen) atoms. The first-order chi connectivity index (χ1) is 10.0. The van der Waals surface area contributed by atoms with Crippen LogP contribution in [0, 0.1) is 10.1 Å². The molecule has 1 spiro atoms. The zero-order valence-corrected chi connectivity index (χ0v) is 12.5. The van der Waals surface area contributed by atoms with Gasteiger partial charge in [-0.3, -0.25) is 10.1 Å². The molecule has 1 N–H and O–H groups in total. The predicted octanol–water partition coefficient (Wildman–Crippen LogP) is 3.23. The van der Waals surface area contributed by atoms with Crippen molar-refractivity contribution in [1.82, 2.24) is 5.32 Å². The van der Waals surface area contributed by atoms with E-state index in [1.165, 1.54) is 12.1 Å². The lowest BCUT2D eigenvalue weighted by molar-refractivity contribution is -0.384. The maximum atomic E-state index is 11.0. The van der Waals surface area contributed by atoms with E-state index in [-0.39, 0.29) is 11.3 Å². The average Bonchev–Trinajstić information content (AvgIpc) is 2.92. The second kappa shape index (κ2) is 5.11. The molecule has 6 heteroatoms. The molecule has 0 radical (unpaired) electrons. The maximum absolute atomic E-state index is 11.0. The molecule has 1 aromatic carbocycles. The van der Waals surface area contributed by atoms with Crippen molar-refractivity contribution < 1.29 is 9.66 Å². The minimum absolute atomic E-state index is 0.0459. The molecule has 1 aromatic rings. The lowest BCUT2D eigenvalue weighted by atomic mass is 9.90. The number of hydrogen-bond acceptors (Lipinski definition) is 4. The van der Waals surface area contributed by atoms with Gasteiger partial charge in [-0.25, -0.2) is 0 Å². The third kappa shape index (κ3) is 2.40. The standard InChI is InChI=1S/C15H16N2O3S/c1-16-14(21)12-9-15(6-2-3-7-15)20-13-5-4-10(17(18)19)8-11(12)13/h4-5,8-9H,2-3,6-7H2,1H3,(H,16,21). The molecule has 110 valence electrons. The highest BCUT2D eigenvalue weighted by atomic mass is 32.1. The molecule has 1 aliphatic heterocycles. The zero-order chi connectivity index (χ0) is 15.0. The number of benzene rings is 1. The fourth-order valence-electron chi connectivity index (χ4n) is 3.06. The highest BCUT2D eigenvalue weighted by Crippen LogP contribution is 2.44. The van der Waals surface area contributed by atoms with Crippen LogP contribution in [0.25, 0.3) is 5.57 Å². The summed E-state index contributed by atoms with van der Waals surface area (Å²) in [6.07, 6.45) is 6.21. The Kier molecular flexibility index (Phi) is 3.41. The van der Waals surface area contributed by atoms with Crippen LogP contribution in [-0.4, -0.2) is 22.6 Å². The van der Waals surface area contributed by atoms with Gasteiger partial charge in [0.15, 0.2) is 0 Å². The van der Waals surface area contributed by atoms with Crippen LogP contribution >= 0.6 is 12.2 Å². The molecule has 5 nitrogen and oxygen atoms in total. The van der Waals surface area contributed by atoms with Crippen LogP contribution in [0.1, 0.15) is 31.2 Å². The third-order valence-corrected chi connectivity index (χ3v) is 4.53. The first kappa shape index (κ1) is 14.0. The summed E-state index contributed by atoms with van der Waals surface area (Å²) in [6.45, 7) is 0. The van der Waals surface area contributed by atoms with Crippen LogP contribution in [0.5, 0.6) is 5.75 Å². The van der Waals surface area contributed by atoms with Crippen molar-refractivity contribution in [3.05, 3.63) is 40.0 Å². The van der Waals surface area contributed by atoms with Crippen LogP contribution < -0.4 is 10.1 Å². The number of fused-ring (bicyclic) bond motifs is 1. The topological polar surface area (TPSA) is 64.4 Å². The third-order valence-electron chi connectivity index (χ3n) is 4.11. The Hall–Kier alpha value is -1.95. The normalized spacial score (nSPS) is 18.6. The summed E-state index contributed by atoms with van der Waals surface area (Å²) in [6, 6.07) is 4.69. The summed E-state index contributed by atoms with van der Waals surface area (Å²) in [5, 5.41) is 13.9. The number of hydrogen-bond donors (Lipinski definition) is 1. The molecule has 0 unspecified atom stereocenters. The van der Waals surface area contributed by atoms with Gasteiger partial charge < -0.3 is 10.1 Å². The number of nitrogens with one attached hydrogen (secondary N) is 1. The van der Waals surface area contributed by atoms with Gasteiger partial charge in [-0.15, -0.1) is 0 Å². The molecule has 0 saturated heterocycles. The lowest BCUT2D eigenvalue weighted by Gasteiger charge is -2.34. The van der Waals surface area contributed by atoms with Gasteiger partial charge in [0.2, 0.25) is 0 Å². The summed E-state index contributed by atoms with van der Waals surface area (Å²) in [7, 11) is 1.76. The molecular formula is C15H16N2O3S. The minimum atomic E-state index is -0.403. The molecular weight excluding hydrogens is 288 g/mol. The van der Waals surface area contributed by atoms with Crippen molar-refractivity contribution in [2.45, 2.75) is 31.3 Å². The summed E-state index contributed by atoms with van der Waals surface area (Å²) < 4.78 is 6.15. The minimum Gasteiger partial charge on any atom is -0.483 e. The smallest absolute Gasteiger partial charge is 0.270 e. The van der Waals surface area contributed by atoms with E-state index in [0.29, 0.717) is 16.3 Å². The molecule has 0 bridgehead atoms. The summed E-state index contributed by atoms with van der Waals surface area (Å²) in [5.41, 5.74) is 1.27. The zero-order valence-electron chi connectivity index (χ0n) is 11.7. The van der Waals surface area contributed by atoms with E-state index in [4.69, 9.17) is 17.0 Å². The van der Waals surface area contributed by atoms with Crippen LogP contribution in [0.4, 0.5) is 5.69 Å².